The lowest BCUT2D eigenvalue weighted by atomic mass is 10.1. The van der Waals surface area contributed by atoms with Crippen LogP contribution < -0.4 is 14.8 Å². The Morgan fingerprint density at radius 2 is 1.66 bits per heavy atom. The van der Waals surface area contributed by atoms with Gasteiger partial charge in [0.25, 0.3) is 5.91 Å². The molecule has 0 aliphatic carbocycles. The SMILES string of the molecule is CC(C)NS(=O)(=O)Cc1ccc(CNC(=O)c2ccc(COc3ccc(F)cc3)o2)cc1. The van der Waals surface area contributed by atoms with Crippen LogP contribution in [0.3, 0.4) is 0 Å². The van der Waals surface area contributed by atoms with E-state index in [-0.39, 0.29) is 42.4 Å². The lowest BCUT2D eigenvalue weighted by molar-refractivity contribution is 0.0919. The highest BCUT2D eigenvalue weighted by Gasteiger charge is 2.14. The Bertz CT molecular complexity index is 1140. The summed E-state index contributed by atoms with van der Waals surface area (Å²) in [6.45, 7) is 3.90. The van der Waals surface area contributed by atoms with E-state index in [1.54, 1.807) is 50.2 Å². The Kier molecular flexibility index (Phi) is 7.66. The quantitative estimate of drug-likeness (QED) is 0.480. The van der Waals surface area contributed by atoms with Gasteiger partial charge in [-0.3, -0.25) is 4.79 Å². The van der Waals surface area contributed by atoms with E-state index in [9.17, 15) is 17.6 Å². The molecule has 7 nitrogen and oxygen atoms in total. The van der Waals surface area contributed by atoms with E-state index in [1.807, 2.05) is 0 Å². The summed E-state index contributed by atoms with van der Waals surface area (Å²) in [5, 5.41) is 2.76. The van der Waals surface area contributed by atoms with Gasteiger partial charge >= 0.3 is 0 Å². The number of ether oxygens (including phenoxy) is 1. The van der Waals surface area contributed by atoms with E-state index in [2.05, 4.69) is 10.0 Å². The van der Waals surface area contributed by atoms with Crippen LogP contribution in [-0.4, -0.2) is 20.4 Å². The van der Waals surface area contributed by atoms with Crippen molar-refractivity contribution in [3.05, 3.63) is 89.1 Å². The van der Waals surface area contributed by atoms with Crippen molar-refractivity contribution in [2.45, 2.75) is 38.8 Å². The Hall–Kier alpha value is -3.17. The normalized spacial score (nSPS) is 11.5. The molecule has 0 radical (unpaired) electrons. The number of benzene rings is 2. The summed E-state index contributed by atoms with van der Waals surface area (Å²) in [7, 11) is -3.39. The van der Waals surface area contributed by atoms with Gasteiger partial charge in [0.15, 0.2) is 5.76 Å². The molecule has 0 atom stereocenters. The lowest BCUT2D eigenvalue weighted by Crippen LogP contribution is -2.31. The zero-order chi connectivity index (χ0) is 23.1. The number of rotatable bonds is 10. The van der Waals surface area contributed by atoms with Gasteiger partial charge in [-0.25, -0.2) is 17.5 Å². The highest BCUT2D eigenvalue weighted by Crippen LogP contribution is 2.15. The minimum atomic E-state index is -3.39. The molecule has 0 aliphatic rings. The first kappa shape index (κ1) is 23.5. The van der Waals surface area contributed by atoms with Crippen molar-refractivity contribution >= 4 is 15.9 Å². The summed E-state index contributed by atoms with van der Waals surface area (Å²) in [4.78, 5) is 12.3. The number of carbonyl (C=O) groups excluding carboxylic acids is 1. The van der Waals surface area contributed by atoms with Crippen molar-refractivity contribution in [2.75, 3.05) is 0 Å². The molecule has 170 valence electrons. The van der Waals surface area contributed by atoms with Crippen LogP contribution in [0.1, 0.15) is 41.3 Å². The van der Waals surface area contributed by atoms with Gasteiger partial charge in [-0.05, 0) is 61.4 Å². The molecular weight excluding hydrogens is 435 g/mol. The molecule has 0 saturated heterocycles. The van der Waals surface area contributed by atoms with Crippen molar-refractivity contribution in [1.29, 1.82) is 0 Å². The maximum absolute atomic E-state index is 12.9. The maximum Gasteiger partial charge on any atom is 0.287 e. The molecule has 2 aromatic carbocycles. The van der Waals surface area contributed by atoms with E-state index in [4.69, 9.17) is 9.15 Å². The lowest BCUT2D eigenvalue weighted by Gasteiger charge is -2.10. The molecule has 0 saturated carbocycles. The molecule has 32 heavy (non-hydrogen) atoms. The number of hydrogen-bond donors (Lipinski definition) is 2. The zero-order valence-corrected chi connectivity index (χ0v) is 18.6. The molecule has 0 unspecified atom stereocenters. The van der Waals surface area contributed by atoms with Gasteiger partial charge in [0.2, 0.25) is 10.0 Å². The van der Waals surface area contributed by atoms with Crippen LogP contribution in [0.5, 0.6) is 5.75 Å². The third kappa shape index (κ3) is 7.21. The Morgan fingerprint density at radius 3 is 2.31 bits per heavy atom. The number of nitrogens with one attached hydrogen (secondary N) is 2. The van der Waals surface area contributed by atoms with Gasteiger partial charge in [-0.15, -0.1) is 0 Å². The highest BCUT2D eigenvalue weighted by molar-refractivity contribution is 7.88. The average Bonchev–Trinajstić information content (AvgIpc) is 3.20. The summed E-state index contributed by atoms with van der Waals surface area (Å²) in [6, 6.07) is 15.6. The zero-order valence-electron chi connectivity index (χ0n) is 17.8. The molecule has 3 aromatic rings. The largest absolute Gasteiger partial charge is 0.486 e. The first-order valence-corrected chi connectivity index (χ1v) is 11.7. The molecule has 1 heterocycles. The van der Waals surface area contributed by atoms with Crippen LogP contribution in [-0.2, 0) is 28.9 Å². The van der Waals surface area contributed by atoms with Crippen LogP contribution in [0.15, 0.2) is 65.1 Å². The van der Waals surface area contributed by atoms with Crippen LogP contribution in [0.2, 0.25) is 0 Å². The third-order valence-corrected chi connectivity index (χ3v) is 5.87. The standard InChI is InChI=1S/C23H25FN2O5S/c1-16(2)26-32(28,29)15-18-5-3-17(4-6-18)13-25-23(27)22-12-11-21(31-22)14-30-20-9-7-19(24)8-10-20/h3-12,16,26H,13-15H2,1-2H3,(H,25,27). The predicted molar refractivity (Wildman–Crippen MR) is 118 cm³/mol. The topological polar surface area (TPSA) is 97.6 Å². The molecule has 0 bridgehead atoms. The van der Waals surface area contributed by atoms with Gasteiger partial charge in [0, 0.05) is 12.6 Å². The smallest absolute Gasteiger partial charge is 0.287 e. The molecule has 0 spiro atoms. The van der Waals surface area contributed by atoms with E-state index < -0.39 is 10.0 Å². The third-order valence-electron chi connectivity index (χ3n) is 4.33. The minimum Gasteiger partial charge on any atom is -0.486 e. The van der Waals surface area contributed by atoms with Crippen molar-refractivity contribution in [3.63, 3.8) is 0 Å². The molecule has 1 amide bonds. The monoisotopic (exact) mass is 460 g/mol. The second kappa shape index (κ2) is 10.4. The summed E-state index contributed by atoms with van der Waals surface area (Å²) in [5.74, 6) is 0.255. The van der Waals surface area contributed by atoms with E-state index in [0.717, 1.165) is 5.56 Å². The first-order valence-electron chi connectivity index (χ1n) is 10.0. The van der Waals surface area contributed by atoms with E-state index in [1.165, 1.54) is 24.3 Å². The Morgan fingerprint density at radius 1 is 1.00 bits per heavy atom. The van der Waals surface area contributed by atoms with Crippen LogP contribution >= 0.6 is 0 Å². The van der Waals surface area contributed by atoms with Crippen molar-refractivity contribution in [2.24, 2.45) is 0 Å². The fourth-order valence-corrected chi connectivity index (χ4v) is 4.34. The molecule has 2 N–H and O–H groups in total. The van der Waals surface area contributed by atoms with Crippen LogP contribution in [0.4, 0.5) is 4.39 Å². The fourth-order valence-electron chi connectivity index (χ4n) is 2.91. The summed E-state index contributed by atoms with van der Waals surface area (Å²) < 4.78 is 50.5. The first-order chi connectivity index (χ1) is 15.2. The second-order valence-electron chi connectivity index (χ2n) is 7.54. The highest BCUT2D eigenvalue weighted by atomic mass is 32.2. The number of sulfonamides is 1. The number of furan rings is 1. The van der Waals surface area contributed by atoms with Gasteiger partial charge in [0.05, 0.1) is 5.75 Å². The fraction of sp³-hybridized carbons (Fsp3) is 0.261. The Labute approximate surface area is 186 Å². The van der Waals surface area contributed by atoms with Gasteiger partial charge in [0.1, 0.15) is 23.9 Å². The molecule has 3 rings (SSSR count). The Balaban J connectivity index is 1.48. The van der Waals surface area contributed by atoms with E-state index >= 15 is 0 Å². The maximum atomic E-state index is 12.9. The number of carbonyl (C=O) groups is 1. The van der Waals surface area contributed by atoms with Gasteiger partial charge < -0.3 is 14.5 Å². The average molecular weight is 461 g/mol. The molecule has 1 aromatic heterocycles. The summed E-state index contributed by atoms with van der Waals surface area (Å²) in [5.41, 5.74) is 1.48. The number of halogens is 1. The summed E-state index contributed by atoms with van der Waals surface area (Å²) >= 11 is 0. The predicted octanol–water partition coefficient (Wildman–Crippen LogP) is 3.76. The minimum absolute atomic E-state index is 0.104. The van der Waals surface area contributed by atoms with Crippen molar-refractivity contribution < 1.29 is 26.8 Å². The molecule has 9 heteroatoms. The van der Waals surface area contributed by atoms with Crippen molar-refractivity contribution in [3.8, 4) is 5.75 Å². The van der Waals surface area contributed by atoms with Crippen LogP contribution in [0, 0.1) is 5.82 Å². The number of hydrogen-bond acceptors (Lipinski definition) is 5. The van der Waals surface area contributed by atoms with Crippen molar-refractivity contribution in [1.82, 2.24) is 10.0 Å². The van der Waals surface area contributed by atoms with Gasteiger partial charge in [-0.2, -0.15) is 0 Å². The van der Waals surface area contributed by atoms with Gasteiger partial charge in [-0.1, -0.05) is 24.3 Å². The molecule has 0 fully saturated rings. The second-order valence-corrected chi connectivity index (χ2v) is 9.29. The van der Waals surface area contributed by atoms with Crippen LogP contribution in [0.25, 0.3) is 0 Å². The summed E-state index contributed by atoms with van der Waals surface area (Å²) in [6.07, 6.45) is 0. The number of amides is 1. The molecule has 0 aliphatic heterocycles. The van der Waals surface area contributed by atoms with E-state index in [0.29, 0.717) is 17.1 Å². The molecular formula is C23H25FN2O5S.